The number of H-pyrrole nitrogens is 1. The Hall–Kier alpha value is -3.23. The Morgan fingerprint density at radius 3 is 2.64 bits per heavy atom. The molecule has 0 amide bonds. The van der Waals surface area contributed by atoms with Crippen molar-refractivity contribution >= 4 is 5.70 Å². The summed E-state index contributed by atoms with van der Waals surface area (Å²) in [6, 6.07) is 3.53. The van der Waals surface area contributed by atoms with E-state index in [0.717, 1.165) is 35.5 Å². The molecule has 3 atom stereocenters. The van der Waals surface area contributed by atoms with Crippen LogP contribution in [0.15, 0.2) is 31.1 Å². The first-order valence-corrected chi connectivity index (χ1v) is 11.0. The number of piperidine rings is 1. The van der Waals surface area contributed by atoms with Gasteiger partial charge in [-0.05, 0) is 56.7 Å². The Kier molecular flexibility index (Phi) is 5.02. The van der Waals surface area contributed by atoms with Gasteiger partial charge in [0.25, 0.3) is 0 Å². The van der Waals surface area contributed by atoms with Crippen LogP contribution in [0.3, 0.4) is 0 Å². The molecule has 2 bridgehead atoms. The second-order valence-corrected chi connectivity index (χ2v) is 8.99. The standard InChI is InChI=1S/C24H25F3N6/c1-12-5-6-16-11-18-20(19-8-10-29-32-19)30-15(4)31-21(18)22(12)33(16)14(3)17-7-9-28-23(13(17)2)24(25,26)27/h7-10,12,16,22H,3,5-6,11H2,1-2,4H3,(H,29,32)/t12-,16+,22-/m1/s1. The molecule has 1 fully saturated rings. The third-order valence-corrected chi connectivity index (χ3v) is 6.91. The molecule has 9 heteroatoms. The minimum Gasteiger partial charge on any atom is -0.359 e. The van der Waals surface area contributed by atoms with Crippen LogP contribution in [0, 0.1) is 19.8 Å². The van der Waals surface area contributed by atoms with Crippen molar-refractivity contribution in [3.63, 3.8) is 0 Å². The number of alkyl halides is 3. The first kappa shape index (κ1) is 21.6. The Bertz CT molecular complexity index is 1220. The number of hydrogen-bond acceptors (Lipinski definition) is 5. The van der Waals surface area contributed by atoms with E-state index in [9.17, 15) is 13.2 Å². The third kappa shape index (κ3) is 3.50. The molecular formula is C24H25F3N6. The molecule has 5 rings (SSSR count). The molecule has 5 heterocycles. The number of aromatic nitrogens is 5. The first-order chi connectivity index (χ1) is 15.7. The van der Waals surface area contributed by atoms with Crippen LogP contribution in [0.5, 0.6) is 0 Å². The zero-order chi connectivity index (χ0) is 23.5. The maximum absolute atomic E-state index is 13.5. The fourth-order valence-corrected chi connectivity index (χ4v) is 5.43. The molecule has 6 nitrogen and oxygen atoms in total. The summed E-state index contributed by atoms with van der Waals surface area (Å²) < 4.78 is 40.6. The topological polar surface area (TPSA) is 70.6 Å². The molecule has 0 saturated carbocycles. The summed E-state index contributed by atoms with van der Waals surface area (Å²) in [4.78, 5) is 15.3. The molecule has 33 heavy (non-hydrogen) atoms. The molecule has 0 aliphatic carbocycles. The van der Waals surface area contributed by atoms with Crippen LogP contribution in [0.1, 0.15) is 59.7 Å². The van der Waals surface area contributed by atoms with Crippen LogP contribution in [0.2, 0.25) is 0 Å². The van der Waals surface area contributed by atoms with Gasteiger partial charge in [-0.2, -0.15) is 18.3 Å². The zero-order valence-corrected chi connectivity index (χ0v) is 18.7. The highest BCUT2D eigenvalue weighted by Crippen LogP contribution is 2.49. The lowest BCUT2D eigenvalue weighted by molar-refractivity contribution is -0.141. The lowest BCUT2D eigenvalue weighted by Crippen LogP contribution is -2.49. The first-order valence-electron chi connectivity index (χ1n) is 11.0. The van der Waals surface area contributed by atoms with Gasteiger partial charge >= 0.3 is 6.18 Å². The smallest absolute Gasteiger partial charge is 0.359 e. The second kappa shape index (κ2) is 7.67. The average molecular weight is 455 g/mol. The Labute approximate surface area is 190 Å². The fourth-order valence-electron chi connectivity index (χ4n) is 5.43. The summed E-state index contributed by atoms with van der Waals surface area (Å²) in [6.45, 7) is 9.79. The van der Waals surface area contributed by atoms with Crippen LogP contribution in [-0.4, -0.2) is 36.1 Å². The maximum Gasteiger partial charge on any atom is 0.433 e. The molecule has 0 radical (unpaired) electrons. The van der Waals surface area contributed by atoms with E-state index in [1.54, 1.807) is 12.3 Å². The van der Waals surface area contributed by atoms with Crippen molar-refractivity contribution in [2.75, 3.05) is 0 Å². The van der Waals surface area contributed by atoms with Gasteiger partial charge in [0.1, 0.15) is 11.5 Å². The Morgan fingerprint density at radius 1 is 1.15 bits per heavy atom. The number of aromatic amines is 1. The zero-order valence-electron chi connectivity index (χ0n) is 18.7. The average Bonchev–Trinajstić information content (AvgIpc) is 3.29. The van der Waals surface area contributed by atoms with Crippen LogP contribution >= 0.6 is 0 Å². The maximum atomic E-state index is 13.5. The summed E-state index contributed by atoms with van der Waals surface area (Å²) in [6.07, 6.45) is 1.04. The van der Waals surface area contributed by atoms with Crippen molar-refractivity contribution in [2.24, 2.45) is 5.92 Å². The van der Waals surface area contributed by atoms with Crippen molar-refractivity contribution in [1.29, 1.82) is 0 Å². The Morgan fingerprint density at radius 2 is 1.94 bits per heavy atom. The van der Waals surface area contributed by atoms with Crippen molar-refractivity contribution in [3.05, 3.63) is 65.0 Å². The number of hydrogen-bond donors (Lipinski definition) is 1. The lowest BCUT2D eigenvalue weighted by Gasteiger charge is -2.51. The van der Waals surface area contributed by atoms with Crippen LogP contribution in [0.4, 0.5) is 13.2 Å². The highest BCUT2D eigenvalue weighted by atomic mass is 19.4. The number of pyridine rings is 1. The van der Waals surface area contributed by atoms with E-state index < -0.39 is 11.9 Å². The molecule has 2 aliphatic rings. The van der Waals surface area contributed by atoms with Crippen molar-refractivity contribution in [2.45, 2.75) is 58.3 Å². The van der Waals surface area contributed by atoms with Gasteiger partial charge in [-0.3, -0.25) is 10.1 Å². The number of rotatable bonds is 3. The van der Waals surface area contributed by atoms with Gasteiger partial charge in [0.2, 0.25) is 0 Å². The van der Waals surface area contributed by atoms with Gasteiger partial charge in [-0.1, -0.05) is 13.5 Å². The minimum atomic E-state index is -4.51. The summed E-state index contributed by atoms with van der Waals surface area (Å²) in [5, 5.41) is 7.09. The van der Waals surface area contributed by atoms with Crippen molar-refractivity contribution in [1.82, 2.24) is 30.0 Å². The summed E-state index contributed by atoms with van der Waals surface area (Å²) in [5.74, 6) is 0.907. The summed E-state index contributed by atoms with van der Waals surface area (Å²) in [5.41, 5.74) is 4.01. The predicted octanol–water partition coefficient (Wildman–Crippen LogP) is 5.27. The minimum absolute atomic E-state index is 0.0923. The summed E-state index contributed by atoms with van der Waals surface area (Å²) in [7, 11) is 0. The highest BCUT2D eigenvalue weighted by molar-refractivity contribution is 5.68. The van der Waals surface area contributed by atoms with E-state index in [4.69, 9.17) is 9.97 Å². The molecule has 1 saturated heterocycles. The van der Waals surface area contributed by atoms with Gasteiger partial charge in [-0.25, -0.2) is 9.97 Å². The number of aryl methyl sites for hydroxylation is 1. The molecule has 0 spiro atoms. The van der Waals surface area contributed by atoms with E-state index in [-0.39, 0.29) is 23.6 Å². The van der Waals surface area contributed by atoms with Gasteiger partial charge in [0, 0.05) is 35.3 Å². The number of halogens is 3. The van der Waals surface area contributed by atoms with Crippen LogP contribution < -0.4 is 0 Å². The fraction of sp³-hybridized carbons (Fsp3) is 0.417. The molecule has 3 aromatic heterocycles. The monoisotopic (exact) mass is 454 g/mol. The van der Waals surface area contributed by atoms with E-state index >= 15 is 0 Å². The molecule has 2 aliphatic heterocycles. The van der Waals surface area contributed by atoms with E-state index in [1.165, 1.54) is 13.1 Å². The molecule has 3 aromatic rings. The van der Waals surface area contributed by atoms with E-state index in [1.807, 2.05) is 13.0 Å². The largest absolute Gasteiger partial charge is 0.433 e. The quantitative estimate of drug-likeness (QED) is 0.584. The SMILES string of the molecule is C=C(c1ccnc(C(F)(F)F)c1C)N1[C@H]2CC[C@@H](C)[C@@H]1c1nc(C)nc(-c3ccn[nH]3)c1C2. The van der Waals surface area contributed by atoms with Gasteiger partial charge in [0.05, 0.1) is 23.1 Å². The predicted molar refractivity (Wildman–Crippen MR) is 118 cm³/mol. The van der Waals surface area contributed by atoms with Crippen molar-refractivity contribution < 1.29 is 13.2 Å². The second-order valence-electron chi connectivity index (χ2n) is 8.99. The van der Waals surface area contributed by atoms with E-state index in [2.05, 4.69) is 33.6 Å². The van der Waals surface area contributed by atoms with Gasteiger partial charge in [-0.15, -0.1) is 0 Å². The van der Waals surface area contributed by atoms with Crippen molar-refractivity contribution in [3.8, 4) is 11.4 Å². The Balaban J connectivity index is 1.63. The number of fused-ring (bicyclic) bond motifs is 4. The molecule has 0 unspecified atom stereocenters. The van der Waals surface area contributed by atoms with Gasteiger partial charge < -0.3 is 4.90 Å². The van der Waals surface area contributed by atoms with Crippen LogP contribution in [-0.2, 0) is 12.6 Å². The normalized spacial score (nSPS) is 22.2. The summed E-state index contributed by atoms with van der Waals surface area (Å²) >= 11 is 0. The van der Waals surface area contributed by atoms with Crippen LogP contribution in [0.25, 0.3) is 17.1 Å². The number of nitrogens with one attached hydrogen (secondary N) is 1. The molecular weight excluding hydrogens is 429 g/mol. The number of nitrogens with zero attached hydrogens (tertiary/aromatic N) is 5. The highest BCUT2D eigenvalue weighted by Gasteiger charge is 2.45. The lowest BCUT2D eigenvalue weighted by atomic mass is 9.75. The third-order valence-electron chi connectivity index (χ3n) is 6.91. The van der Waals surface area contributed by atoms with Gasteiger partial charge in [0.15, 0.2) is 0 Å². The molecule has 0 aromatic carbocycles. The molecule has 1 N–H and O–H groups in total. The van der Waals surface area contributed by atoms with E-state index in [0.29, 0.717) is 23.5 Å². The molecule has 172 valence electrons.